The van der Waals surface area contributed by atoms with Crippen LogP contribution < -0.4 is 10.1 Å². The number of carbonyl (C=O) groups excluding carboxylic acids is 1. The zero-order valence-electron chi connectivity index (χ0n) is 13.6. The van der Waals surface area contributed by atoms with Crippen LogP contribution in [0.15, 0.2) is 24.3 Å². The molecule has 1 heterocycles. The number of hydrogen-bond donors (Lipinski definition) is 1. The second-order valence-corrected chi connectivity index (χ2v) is 6.67. The zero-order chi connectivity index (χ0) is 16.2. The quantitative estimate of drug-likeness (QED) is 0.907. The van der Waals surface area contributed by atoms with Crippen LogP contribution >= 0.6 is 0 Å². The maximum atomic E-state index is 12.8. The number of nitrogens with one attached hydrogen (secondary N) is 1. The van der Waals surface area contributed by atoms with Crippen molar-refractivity contribution in [3.8, 4) is 5.75 Å². The Morgan fingerprint density at radius 2 is 2.04 bits per heavy atom. The Morgan fingerprint density at radius 1 is 1.30 bits per heavy atom. The number of halogens is 1. The van der Waals surface area contributed by atoms with Crippen LogP contribution in [0.5, 0.6) is 5.75 Å². The summed E-state index contributed by atoms with van der Waals surface area (Å²) in [4.78, 5) is 14.3. The molecule has 0 aromatic heterocycles. The highest BCUT2D eigenvalue weighted by Gasteiger charge is 2.38. The van der Waals surface area contributed by atoms with E-state index in [0.29, 0.717) is 30.9 Å². The number of rotatable bonds is 5. The molecule has 1 N–H and O–H groups in total. The molecule has 3 rings (SSSR count). The van der Waals surface area contributed by atoms with Crippen molar-refractivity contribution in [1.82, 2.24) is 10.2 Å². The molecule has 1 amide bonds. The second kappa shape index (κ2) is 7.30. The normalized spacial score (nSPS) is 26.6. The van der Waals surface area contributed by atoms with Crippen molar-refractivity contribution in [3.63, 3.8) is 0 Å². The van der Waals surface area contributed by atoms with Crippen molar-refractivity contribution in [2.75, 3.05) is 20.2 Å². The minimum Gasteiger partial charge on any atom is -0.492 e. The molecule has 3 atom stereocenters. The van der Waals surface area contributed by atoms with Gasteiger partial charge in [-0.1, -0.05) is 12.8 Å². The van der Waals surface area contributed by atoms with Crippen LogP contribution in [0.2, 0.25) is 0 Å². The average molecular weight is 320 g/mol. The van der Waals surface area contributed by atoms with Crippen molar-refractivity contribution in [2.24, 2.45) is 5.92 Å². The summed E-state index contributed by atoms with van der Waals surface area (Å²) in [5.74, 6) is 1.17. The molecular weight excluding hydrogens is 295 g/mol. The first kappa shape index (κ1) is 16.2. The Morgan fingerprint density at radius 3 is 2.78 bits per heavy atom. The molecule has 1 aliphatic heterocycles. The fourth-order valence-electron chi connectivity index (χ4n) is 3.72. The van der Waals surface area contributed by atoms with E-state index in [0.717, 1.165) is 6.42 Å². The highest BCUT2D eigenvalue weighted by atomic mass is 19.1. The van der Waals surface area contributed by atoms with Gasteiger partial charge in [-0.05, 0) is 49.4 Å². The van der Waals surface area contributed by atoms with Crippen molar-refractivity contribution in [1.29, 1.82) is 0 Å². The molecule has 0 spiro atoms. The lowest BCUT2D eigenvalue weighted by molar-refractivity contribution is -0.132. The topological polar surface area (TPSA) is 41.6 Å². The highest BCUT2D eigenvalue weighted by Crippen LogP contribution is 2.33. The molecule has 1 saturated carbocycles. The second-order valence-electron chi connectivity index (χ2n) is 6.67. The molecule has 4 nitrogen and oxygen atoms in total. The number of nitrogens with zero attached hydrogens (tertiary/aromatic N) is 1. The predicted octanol–water partition coefficient (Wildman–Crippen LogP) is 2.58. The van der Waals surface area contributed by atoms with E-state index in [1.165, 1.54) is 37.8 Å². The molecule has 2 aliphatic rings. The molecule has 0 radical (unpaired) electrons. The van der Waals surface area contributed by atoms with E-state index in [1.807, 2.05) is 7.05 Å². The maximum Gasteiger partial charge on any atom is 0.239 e. The molecule has 1 saturated heterocycles. The summed E-state index contributed by atoms with van der Waals surface area (Å²) >= 11 is 0. The third-order valence-electron chi connectivity index (χ3n) is 5.05. The van der Waals surface area contributed by atoms with Gasteiger partial charge in [0, 0.05) is 13.1 Å². The summed E-state index contributed by atoms with van der Waals surface area (Å²) < 4.78 is 18.4. The van der Waals surface area contributed by atoms with Crippen molar-refractivity contribution < 1.29 is 13.9 Å². The van der Waals surface area contributed by atoms with Crippen LogP contribution in [0.25, 0.3) is 0 Å². The van der Waals surface area contributed by atoms with E-state index in [4.69, 9.17) is 4.74 Å². The lowest BCUT2D eigenvalue weighted by Crippen LogP contribution is -2.45. The van der Waals surface area contributed by atoms with E-state index < -0.39 is 0 Å². The van der Waals surface area contributed by atoms with Crippen molar-refractivity contribution in [2.45, 2.75) is 44.2 Å². The van der Waals surface area contributed by atoms with Gasteiger partial charge >= 0.3 is 0 Å². The fourth-order valence-corrected chi connectivity index (χ4v) is 3.72. The molecule has 1 aliphatic carbocycles. The van der Waals surface area contributed by atoms with Crippen LogP contribution in [0, 0.1) is 11.7 Å². The van der Waals surface area contributed by atoms with E-state index in [1.54, 1.807) is 17.0 Å². The molecule has 2 fully saturated rings. The van der Waals surface area contributed by atoms with Gasteiger partial charge in [0.2, 0.25) is 5.91 Å². The van der Waals surface area contributed by atoms with Gasteiger partial charge in [-0.3, -0.25) is 4.79 Å². The van der Waals surface area contributed by atoms with Gasteiger partial charge in [-0.15, -0.1) is 0 Å². The number of hydrogen-bond acceptors (Lipinski definition) is 3. The van der Waals surface area contributed by atoms with E-state index in [-0.39, 0.29) is 17.8 Å². The van der Waals surface area contributed by atoms with Crippen molar-refractivity contribution in [3.05, 3.63) is 30.1 Å². The van der Waals surface area contributed by atoms with Crippen LogP contribution in [-0.4, -0.2) is 43.1 Å². The number of carbonyl (C=O) groups is 1. The summed E-state index contributed by atoms with van der Waals surface area (Å²) in [5, 5.41) is 3.51. The number of amides is 1. The van der Waals surface area contributed by atoms with Crippen LogP contribution in [0.4, 0.5) is 4.39 Å². The van der Waals surface area contributed by atoms with Gasteiger partial charge in [0.15, 0.2) is 0 Å². The molecule has 1 aromatic rings. The summed E-state index contributed by atoms with van der Waals surface area (Å²) in [6.45, 7) is 0.942. The van der Waals surface area contributed by atoms with E-state index in [9.17, 15) is 9.18 Å². The van der Waals surface area contributed by atoms with Gasteiger partial charge in [0.1, 0.15) is 18.2 Å². The smallest absolute Gasteiger partial charge is 0.239 e. The molecule has 0 bridgehead atoms. The summed E-state index contributed by atoms with van der Waals surface area (Å²) in [6.07, 6.45) is 5.98. The zero-order valence-corrected chi connectivity index (χ0v) is 13.6. The molecule has 23 heavy (non-hydrogen) atoms. The first-order valence-corrected chi connectivity index (χ1v) is 8.53. The molecule has 1 aromatic carbocycles. The Bertz CT molecular complexity index is 520. The van der Waals surface area contributed by atoms with Crippen molar-refractivity contribution >= 4 is 5.91 Å². The fraction of sp³-hybridized carbons (Fsp3) is 0.611. The Labute approximate surface area is 137 Å². The third-order valence-corrected chi connectivity index (χ3v) is 5.05. The monoisotopic (exact) mass is 320 g/mol. The Hall–Kier alpha value is -1.62. The van der Waals surface area contributed by atoms with Gasteiger partial charge < -0.3 is 15.0 Å². The summed E-state index contributed by atoms with van der Waals surface area (Å²) in [5.41, 5.74) is 0. The van der Waals surface area contributed by atoms with E-state index in [2.05, 4.69) is 5.32 Å². The first-order valence-electron chi connectivity index (χ1n) is 8.53. The standard InChI is InChI=1S/C18H25FN2O2/c1-21(10-11-23-15-8-6-14(19)7-9-15)18(22)17-12-13-4-2-3-5-16(13)20-17/h6-9,13,16-17,20H,2-5,10-12H2,1H3. The largest absolute Gasteiger partial charge is 0.492 e. The van der Waals surface area contributed by atoms with Crippen LogP contribution in [-0.2, 0) is 4.79 Å². The first-order chi connectivity index (χ1) is 11.1. The summed E-state index contributed by atoms with van der Waals surface area (Å²) in [6, 6.07) is 6.42. The predicted molar refractivity (Wildman–Crippen MR) is 86.8 cm³/mol. The SMILES string of the molecule is CN(CCOc1ccc(F)cc1)C(=O)C1CC2CCCCC2N1. The van der Waals surface area contributed by atoms with Gasteiger partial charge in [-0.2, -0.15) is 0 Å². The number of likely N-dealkylation sites (N-methyl/N-ethyl adjacent to an activating group) is 1. The highest BCUT2D eigenvalue weighted by molar-refractivity contribution is 5.82. The molecule has 3 unspecified atom stereocenters. The minimum atomic E-state index is -0.279. The molecule has 5 heteroatoms. The van der Waals surface area contributed by atoms with Gasteiger partial charge in [0.05, 0.1) is 12.6 Å². The Balaban J connectivity index is 1.43. The molecular formula is C18H25FN2O2. The third kappa shape index (κ3) is 4.02. The van der Waals surface area contributed by atoms with Crippen LogP contribution in [0.1, 0.15) is 32.1 Å². The maximum absolute atomic E-state index is 12.8. The Kier molecular flexibility index (Phi) is 5.16. The van der Waals surface area contributed by atoms with E-state index >= 15 is 0 Å². The van der Waals surface area contributed by atoms with Crippen LogP contribution in [0.3, 0.4) is 0 Å². The van der Waals surface area contributed by atoms with Gasteiger partial charge in [-0.25, -0.2) is 4.39 Å². The van der Waals surface area contributed by atoms with Gasteiger partial charge in [0.25, 0.3) is 0 Å². The minimum absolute atomic E-state index is 0.0427. The lowest BCUT2D eigenvalue weighted by Gasteiger charge is -2.24. The number of ether oxygens (including phenoxy) is 1. The number of benzene rings is 1. The number of fused-ring (bicyclic) bond motifs is 1. The lowest BCUT2D eigenvalue weighted by atomic mass is 9.85. The molecule has 126 valence electrons. The summed E-state index contributed by atoms with van der Waals surface area (Å²) in [7, 11) is 1.82. The average Bonchev–Trinajstić information content (AvgIpc) is 3.00.